The molecule has 1 saturated heterocycles. The minimum atomic E-state index is 0.536. The molecule has 1 aromatic rings. The molecule has 12 heavy (non-hydrogen) atoms. The van der Waals surface area contributed by atoms with Gasteiger partial charge in [0.1, 0.15) is 0 Å². The van der Waals surface area contributed by atoms with Crippen LogP contribution in [0.1, 0.15) is 24.9 Å². The molecular weight excluding hydrogens is 150 g/mol. The second-order valence-corrected chi connectivity index (χ2v) is 3.75. The Kier molecular flexibility index (Phi) is 1.89. The van der Waals surface area contributed by atoms with Crippen LogP contribution in [-0.2, 0) is 7.05 Å². The van der Waals surface area contributed by atoms with Crippen molar-refractivity contribution in [1.29, 1.82) is 0 Å². The lowest BCUT2D eigenvalue weighted by Gasteiger charge is -2.05. The van der Waals surface area contributed by atoms with Gasteiger partial charge in [0.25, 0.3) is 0 Å². The van der Waals surface area contributed by atoms with Crippen LogP contribution in [0.25, 0.3) is 0 Å². The Balaban J connectivity index is 2.11. The molecule has 3 nitrogen and oxygen atoms in total. The lowest BCUT2D eigenvalue weighted by Crippen LogP contribution is -2.12. The minimum Gasteiger partial charge on any atom is -0.310 e. The average Bonchev–Trinajstić information content (AvgIpc) is 2.58. The quantitative estimate of drug-likeness (QED) is 0.675. The minimum absolute atomic E-state index is 0.536. The van der Waals surface area contributed by atoms with Gasteiger partial charge >= 0.3 is 0 Å². The molecule has 0 spiro atoms. The third-order valence-electron chi connectivity index (χ3n) is 2.48. The molecule has 2 unspecified atom stereocenters. The number of hydrogen-bond acceptors (Lipinski definition) is 2. The summed E-state index contributed by atoms with van der Waals surface area (Å²) in [6.45, 7) is 3.42. The van der Waals surface area contributed by atoms with Gasteiger partial charge in [-0.25, -0.2) is 0 Å². The summed E-state index contributed by atoms with van der Waals surface area (Å²) in [5.41, 5.74) is 1.32. The van der Waals surface area contributed by atoms with E-state index in [-0.39, 0.29) is 0 Å². The van der Waals surface area contributed by atoms with Gasteiger partial charge in [-0.1, -0.05) is 6.92 Å². The SMILES string of the molecule is CC1CNC(c2cnn(C)c2)C1. The summed E-state index contributed by atoms with van der Waals surface area (Å²) in [4.78, 5) is 0. The Bertz CT molecular complexity index is 266. The Hall–Kier alpha value is -0.830. The third kappa shape index (κ3) is 1.37. The van der Waals surface area contributed by atoms with Crippen LogP contribution in [0, 0.1) is 5.92 Å². The molecule has 0 amide bonds. The van der Waals surface area contributed by atoms with Crippen molar-refractivity contribution in [3.8, 4) is 0 Å². The normalized spacial score (nSPS) is 29.5. The van der Waals surface area contributed by atoms with Crippen LogP contribution in [0.2, 0.25) is 0 Å². The number of rotatable bonds is 1. The molecule has 1 N–H and O–H groups in total. The highest BCUT2D eigenvalue weighted by atomic mass is 15.2. The zero-order valence-corrected chi connectivity index (χ0v) is 7.62. The topological polar surface area (TPSA) is 29.9 Å². The smallest absolute Gasteiger partial charge is 0.0537 e. The molecule has 0 bridgehead atoms. The predicted molar refractivity (Wildman–Crippen MR) is 47.7 cm³/mol. The number of hydrogen-bond donors (Lipinski definition) is 1. The summed E-state index contributed by atoms with van der Waals surface area (Å²) in [6.07, 6.45) is 5.29. The maximum absolute atomic E-state index is 4.16. The van der Waals surface area contributed by atoms with Crippen LogP contribution in [-0.4, -0.2) is 16.3 Å². The van der Waals surface area contributed by atoms with Gasteiger partial charge in [-0.15, -0.1) is 0 Å². The van der Waals surface area contributed by atoms with Crippen LogP contribution in [0.3, 0.4) is 0 Å². The maximum atomic E-state index is 4.16. The highest BCUT2D eigenvalue weighted by molar-refractivity contribution is 5.11. The third-order valence-corrected chi connectivity index (χ3v) is 2.48. The number of nitrogens with zero attached hydrogens (tertiary/aromatic N) is 2. The molecule has 2 heterocycles. The predicted octanol–water partition coefficient (Wildman–Crippen LogP) is 1.09. The molecule has 1 aliphatic heterocycles. The lowest BCUT2D eigenvalue weighted by atomic mass is 10.0. The van der Waals surface area contributed by atoms with Crippen molar-refractivity contribution in [3.05, 3.63) is 18.0 Å². The number of aryl methyl sites for hydroxylation is 1. The van der Waals surface area contributed by atoms with Gasteiger partial charge < -0.3 is 5.32 Å². The van der Waals surface area contributed by atoms with E-state index in [0.29, 0.717) is 6.04 Å². The molecule has 0 aromatic carbocycles. The summed E-state index contributed by atoms with van der Waals surface area (Å²) in [5.74, 6) is 0.801. The Morgan fingerprint density at radius 1 is 1.67 bits per heavy atom. The molecule has 2 rings (SSSR count). The lowest BCUT2D eigenvalue weighted by molar-refractivity contribution is 0.611. The van der Waals surface area contributed by atoms with Gasteiger partial charge in [-0.05, 0) is 18.9 Å². The summed E-state index contributed by atoms with van der Waals surface area (Å²) in [5, 5.41) is 7.65. The van der Waals surface area contributed by atoms with Crippen LogP contribution in [0.5, 0.6) is 0 Å². The first kappa shape index (κ1) is 7.80. The Morgan fingerprint density at radius 3 is 3.00 bits per heavy atom. The number of nitrogens with one attached hydrogen (secondary N) is 1. The Morgan fingerprint density at radius 2 is 2.50 bits per heavy atom. The summed E-state index contributed by atoms with van der Waals surface area (Å²) in [6, 6.07) is 0.536. The molecule has 1 fully saturated rings. The molecule has 3 heteroatoms. The molecule has 2 atom stereocenters. The van der Waals surface area contributed by atoms with E-state index in [0.717, 1.165) is 12.5 Å². The first-order valence-corrected chi connectivity index (χ1v) is 4.47. The van der Waals surface area contributed by atoms with Gasteiger partial charge in [-0.3, -0.25) is 4.68 Å². The van der Waals surface area contributed by atoms with E-state index in [1.54, 1.807) is 0 Å². The molecule has 0 radical (unpaired) electrons. The molecule has 0 aliphatic carbocycles. The Labute approximate surface area is 72.8 Å². The van der Waals surface area contributed by atoms with Crippen LogP contribution < -0.4 is 5.32 Å². The summed E-state index contributed by atoms with van der Waals surface area (Å²) < 4.78 is 1.86. The van der Waals surface area contributed by atoms with E-state index in [2.05, 4.69) is 23.5 Å². The second-order valence-electron chi connectivity index (χ2n) is 3.75. The molecule has 1 aliphatic rings. The van der Waals surface area contributed by atoms with Crippen molar-refractivity contribution in [2.24, 2.45) is 13.0 Å². The molecule has 66 valence electrons. The molecule has 0 saturated carbocycles. The fourth-order valence-corrected chi connectivity index (χ4v) is 1.79. The molecular formula is C9H15N3. The van der Waals surface area contributed by atoms with Crippen LogP contribution >= 0.6 is 0 Å². The first-order chi connectivity index (χ1) is 5.75. The van der Waals surface area contributed by atoms with E-state index < -0.39 is 0 Å². The van der Waals surface area contributed by atoms with E-state index in [1.807, 2.05) is 17.9 Å². The fourth-order valence-electron chi connectivity index (χ4n) is 1.79. The van der Waals surface area contributed by atoms with Crippen molar-refractivity contribution in [3.63, 3.8) is 0 Å². The maximum Gasteiger partial charge on any atom is 0.0537 e. The van der Waals surface area contributed by atoms with E-state index in [4.69, 9.17) is 0 Å². The van der Waals surface area contributed by atoms with E-state index >= 15 is 0 Å². The monoisotopic (exact) mass is 165 g/mol. The zero-order chi connectivity index (χ0) is 8.55. The van der Waals surface area contributed by atoms with E-state index in [9.17, 15) is 0 Å². The standard InChI is InChI=1S/C9H15N3/c1-7-3-9(10-4-7)8-5-11-12(2)6-8/h5-7,9-10H,3-4H2,1-2H3. The van der Waals surface area contributed by atoms with Crippen molar-refractivity contribution < 1.29 is 0 Å². The van der Waals surface area contributed by atoms with Crippen LogP contribution in [0.15, 0.2) is 12.4 Å². The second kappa shape index (κ2) is 2.90. The summed E-state index contributed by atoms with van der Waals surface area (Å²) >= 11 is 0. The number of aromatic nitrogens is 2. The van der Waals surface area contributed by atoms with Crippen molar-refractivity contribution in [1.82, 2.24) is 15.1 Å². The van der Waals surface area contributed by atoms with Crippen molar-refractivity contribution >= 4 is 0 Å². The van der Waals surface area contributed by atoms with Crippen molar-refractivity contribution in [2.45, 2.75) is 19.4 Å². The van der Waals surface area contributed by atoms with Gasteiger partial charge in [0.15, 0.2) is 0 Å². The van der Waals surface area contributed by atoms with Gasteiger partial charge in [0, 0.05) is 24.8 Å². The average molecular weight is 165 g/mol. The van der Waals surface area contributed by atoms with Crippen molar-refractivity contribution in [2.75, 3.05) is 6.54 Å². The van der Waals surface area contributed by atoms with Gasteiger partial charge in [0.2, 0.25) is 0 Å². The zero-order valence-electron chi connectivity index (χ0n) is 7.62. The van der Waals surface area contributed by atoms with Gasteiger partial charge in [0.05, 0.1) is 6.20 Å². The highest BCUT2D eigenvalue weighted by Crippen LogP contribution is 2.25. The largest absolute Gasteiger partial charge is 0.310 e. The van der Waals surface area contributed by atoms with Gasteiger partial charge in [-0.2, -0.15) is 5.10 Å². The van der Waals surface area contributed by atoms with E-state index in [1.165, 1.54) is 12.0 Å². The fraction of sp³-hybridized carbons (Fsp3) is 0.667. The summed E-state index contributed by atoms with van der Waals surface area (Å²) in [7, 11) is 1.96. The van der Waals surface area contributed by atoms with Crippen LogP contribution in [0.4, 0.5) is 0 Å². The highest BCUT2D eigenvalue weighted by Gasteiger charge is 2.22. The first-order valence-electron chi connectivity index (χ1n) is 4.47. The molecule has 1 aromatic heterocycles.